The Balaban J connectivity index is 2.37. The molecule has 0 amide bonds. The van der Waals surface area contributed by atoms with E-state index in [4.69, 9.17) is 0 Å². The molecule has 1 fully saturated rings. The topological polar surface area (TPSA) is 38.1 Å². The molecular formula is C14H23N3O. The van der Waals surface area contributed by atoms with Crippen LogP contribution in [0.3, 0.4) is 0 Å². The first-order chi connectivity index (χ1) is 8.49. The molecule has 0 saturated heterocycles. The molecule has 0 aromatic carbocycles. The smallest absolute Gasteiger partial charge is 0.201 e. The fourth-order valence-corrected chi connectivity index (χ4v) is 2.98. The lowest BCUT2D eigenvalue weighted by Crippen LogP contribution is -2.49. The van der Waals surface area contributed by atoms with E-state index in [-0.39, 0.29) is 17.4 Å². The summed E-state index contributed by atoms with van der Waals surface area (Å²) in [4.78, 5) is 15.0. The first-order valence-corrected chi connectivity index (χ1v) is 6.75. The van der Waals surface area contributed by atoms with E-state index in [2.05, 4.69) is 23.8 Å². The maximum Gasteiger partial charge on any atom is 0.201 e. The van der Waals surface area contributed by atoms with Gasteiger partial charge in [-0.25, -0.2) is 0 Å². The van der Waals surface area contributed by atoms with Crippen LogP contribution in [0.1, 0.15) is 56.1 Å². The summed E-state index contributed by atoms with van der Waals surface area (Å²) in [5.41, 5.74) is 0.438. The molecule has 100 valence electrons. The standard InChI is InChI=1S/C14H23N3O/c1-11(2)17-12(7-10-15-17)13(18)14(16(3)4)8-5-6-9-14/h7,10-11H,5-6,8-9H2,1-4H3. The molecule has 0 atom stereocenters. The van der Waals surface area contributed by atoms with Crippen molar-refractivity contribution in [3.63, 3.8) is 0 Å². The van der Waals surface area contributed by atoms with Crippen LogP contribution < -0.4 is 0 Å². The maximum atomic E-state index is 12.9. The first kappa shape index (κ1) is 13.3. The van der Waals surface area contributed by atoms with E-state index in [1.807, 2.05) is 24.8 Å². The zero-order valence-electron chi connectivity index (χ0n) is 11.8. The predicted octanol–water partition coefficient (Wildman–Crippen LogP) is 2.52. The average Bonchev–Trinajstić information content (AvgIpc) is 2.98. The predicted molar refractivity (Wildman–Crippen MR) is 71.8 cm³/mol. The van der Waals surface area contributed by atoms with Crippen LogP contribution in [0.2, 0.25) is 0 Å². The van der Waals surface area contributed by atoms with E-state index in [1.54, 1.807) is 6.20 Å². The van der Waals surface area contributed by atoms with Crippen molar-refractivity contribution in [1.29, 1.82) is 0 Å². The molecule has 0 bridgehead atoms. The molecule has 1 aromatic heterocycles. The van der Waals surface area contributed by atoms with Crippen LogP contribution in [0.4, 0.5) is 0 Å². The van der Waals surface area contributed by atoms with Gasteiger partial charge in [0.05, 0.1) is 5.54 Å². The summed E-state index contributed by atoms with van der Waals surface area (Å²) in [5, 5.41) is 4.28. The molecule has 4 heteroatoms. The molecule has 0 N–H and O–H groups in total. The van der Waals surface area contributed by atoms with Gasteiger partial charge in [-0.05, 0) is 46.9 Å². The number of Topliss-reactive ketones (excluding diaryl/α,β-unsaturated/α-hetero) is 1. The lowest BCUT2D eigenvalue weighted by atomic mass is 9.88. The fraction of sp³-hybridized carbons (Fsp3) is 0.714. The minimum Gasteiger partial charge on any atom is -0.297 e. The third-order valence-electron chi connectivity index (χ3n) is 4.10. The minimum atomic E-state index is -0.313. The second kappa shape index (κ2) is 4.84. The third-order valence-corrected chi connectivity index (χ3v) is 4.10. The second-order valence-corrected chi connectivity index (χ2v) is 5.72. The molecule has 0 spiro atoms. The molecule has 2 rings (SSSR count). The number of ketones is 1. The van der Waals surface area contributed by atoms with Crippen LogP contribution in [-0.4, -0.2) is 40.1 Å². The molecule has 0 aliphatic heterocycles. The van der Waals surface area contributed by atoms with Gasteiger partial charge in [-0.2, -0.15) is 5.10 Å². The van der Waals surface area contributed by atoms with Crippen molar-refractivity contribution >= 4 is 5.78 Å². The zero-order valence-corrected chi connectivity index (χ0v) is 11.8. The van der Waals surface area contributed by atoms with Gasteiger partial charge in [0.15, 0.2) is 0 Å². The number of aromatic nitrogens is 2. The molecule has 0 radical (unpaired) electrons. The van der Waals surface area contributed by atoms with Crippen LogP contribution in [0.15, 0.2) is 12.3 Å². The van der Waals surface area contributed by atoms with Crippen molar-refractivity contribution in [3.05, 3.63) is 18.0 Å². The normalized spacial score (nSPS) is 18.8. The van der Waals surface area contributed by atoms with Gasteiger partial charge in [0.25, 0.3) is 0 Å². The van der Waals surface area contributed by atoms with Crippen LogP contribution in [0.5, 0.6) is 0 Å². The Morgan fingerprint density at radius 3 is 2.50 bits per heavy atom. The van der Waals surface area contributed by atoms with Gasteiger partial charge in [-0.3, -0.25) is 14.4 Å². The van der Waals surface area contributed by atoms with Crippen molar-refractivity contribution in [1.82, 2.24) is 14.7 Å². The highest BCUT2D eigenvalue weighted by atomic mass is 16.1. The van der Waals surface area contributed by atoms with E-state index < -0.39 is 0 Å². The number of nitrogens with zero attached hydrogens (tertiary/aromatic N) is 3. The highest BCUT2D eigenvalue weighted by Gasteiger charge is 2.44. The Morgan fingerprint density at radius 2 is 2.00 bits per heavy atom. The molecule has 18 heavy (non-hydrogen) atoms. The molecule has 0 unspecified atom stereocenters. The number of carbonyl (C=O) groups excluding carboxylic acids is 1. The van der Waals surface area contributed by atoms with Crippen LogP contribution in [0.25, 0.3) is 0 Å². The maximum absolute atomic E-state index is 12.9. The number of hydrogen-bond donors (Lipinski definition) is 0. The van der Waals surface area contributed by atoms with Crippen molar-refractivity contribution in [3.8, 4) is 0 Å². The number of rotatable bonds is 4. The zero-order chi connectivity index (χ0) is 13.3. The lowest BCUT2D eigenvalue weighted by Gasteiger charge is -2.34. The Hall–Kier alpha value is -1.16. The van der Waals surface area contributed by atoms with E-state index in [0.29, 0.717) is 0 Å². The minimum absolute atomic E-state index is 0.222. The second-order valence-electron chi connectivity index (χ2n) is 5.72. The highest BCUT2D eigenvalue weighted by molar-refractivity contribution is 6.02. The Kier molecular flexibility index (Phi) is 3.57. The van der Waals surface area contributed by atoms with Gasteiger partial charge in [0.2, 0.25) is 5.78 Å². The number of hydrogen-bond acceptors (Lipinski definition) is 3. The SMILES string of the molecule is CC(C)n1nccc1C(=O)C1(N(C)C)CCCC1. The third kappa shape index (κ3) is 1.99. The van der Waals surface area contributed by atoms with E-state index >= 15 is 0 Å². The highest BCUT2D eigenvalue weighted by Crippen LogP contribution is 2.36. The Labute approximate surface area is 109 Å². The van der Waals surface area contributed by atoms with E-state index in [0.717, 1.165) is 31.4 Å². The van der Waals surface area contributed by atoms with Gasteiger partial charge in [-0.15, -0.1) is 0 Å². The van der Waals surface area contributed by atoms with Crippen LogP contribution >= 0.6 is 0 Å². The number of carbonyl (C=O) groups is 1. The van der Waals surface area contributed by atoms with Gasteiger partial charge >= 0.3 is 0 Å². The summed E-state index contributed by atoms with van der Waals surface area (Å²) in [7, 11) is 4.03. The molecule has 1 aromatic rings. The monoisotopic (exact) mass is 249 g/mol. The molecule has 1 aliphatic rings. The number of likely N-dealkylation sites (N-methyl/N-ethyl adjacent to an activating group) is 1. The molecule has 1 aliphatic carbocycles. The quantitative estimate of drug-likeness (QED) is 0.770. The Morgan fingerprint density at radius 1 is 1.39 bits per heavy atom. The van der Waals surface area contributed by atoms with Crippen molar-refractivity contribution in [2.75, 3.05) is 14.1 Å². The van der Waals surface area contributed by atoms with E-state index in [1.165, 1.54) is 0 Å². The lowest BCUT2D eigenvalue weighted by molar-refractivity contribution is 0.0679. The molecular weight excluding hydrogens is 226 g/mol. The first-order valence-electron chi connectivity index (χ1n) is 6.75. The fourth-order valence-electron chi connectivity index (χ4n) is 2.98. The van der Waals surface area contributed by atoms with Gasteiger partial charge in [-0.1, -0.05) is 12.8 Å². The summed E-state index contributed by atoms with van der Waals surface area (Å²) >= 11 is 0. The Bertz CT molecular complexity index is 428. The average molecular weight is 249 g/mol. The van der Waals surface area contributed by atoms with Gasteiger partial charge in [0, 0.05) is 12.2 Å². The summed E-state index contributed by atoms with van der Waals surface area (Å²) in [6.07, 6.45) is 5.93. The molecule has 4 nitrogen and oxygen atoms in total. The van der Waals surface area contributed by atoms with Crippen molar-refractivity contribution in [2.45, 2.75) is 51.1 Å². The summed E-state index contributed by atoms with van der Waals surface area (Å²) in [6.45, 7) is 4.11. The van der Waals surface area contributed by atoms with E-state index in [9.17, 15) is 4.79 Å². The summed E-state index contributed by atoms with van der Waals surface area (Å²) in [6, 6.07) is 2.07. The van der Waals surface area contributed by atoms with Gasteiger partial charge in [0.1, 0.15) is 5.69 Å². The van der Waals surface area contributed by atoms with Gasteiger partial charge < -0.3 is 0 Å². The molecule has 1 saturated carbocycles. The summed E-state index contributed by atoms with van der Waals surface area (Å²) < 4.78 is 1.84. The van der Waals surface area contributed by atoms with Crippen LogP contribution in [0, 0.1) is 0 Å². The summed E-state index contributed by atoms with van der Waals surface area (Å²) in [5.74, 6) is 0.233. The largest absolute Gasteiger partial charge is 0.297 e. The van der Waals surface area contributed by atoms with Crippen LogP contribution in [-0.2, 0) is 0 Å². The molecule has 1 heterocycles. The van der Waals surface area contributed by atoms with Crippen molar-refractivity contribution in [2.24, 2.45) is 0 Å². The van der Waals surface area contributed by atoms with Crippen molar-refractivity contribution < 1.29 is 4.79 Å².